The molecule has 0 aliphatic heterocycles. The Labute approximate surface area is 165 Å². The van der Waals surface area contributed by atoms with Gasteiger partial charge in [-0.05, 0) is 42.7 Å². The van der Waals surface area contributed by atoms with E-state index < -0.39 is 6.04 Å². The van der Waals surface area contributed by atoms with E-state index in [0.717, 1.165) is 11.1 Å². The van der Waals surface area contributed by atoms with Crippen molar-refractivity contribution in [3.63, 3.8) is 0 Å². The maximum absolute atomic E-state index is 12.9. The molecule has 27 heavy (non-hydrogen) atoms. The summed E-state index contributed by atoms with van der Waals surface area (Å²) in [6.07, 6.45) is 0.794. The number of amides is 2. The standard InChI is InChI=1S/C21H25ClN2O3/c1-15(21(26)23-2)24(14-16-7-6-9-18(13-16)27-3)20(25)12-11-17-8-4-5-10-19(17)22/h4-10,13,15H,11-12,14H2,1-3H3,(H,23,26). The van der Waals surface area contributed by atoms with Crippen molar-refractivity contribution in [3.05, 3.63) is 64.7 Å². The topological polar surface area (TPSA) is 58.6 Å². The number of carbonyl (C=O) groups excluding carboxylic acids is 2. The lowest BCUT2D eigenvalue weighted by Crippen LogP contribution is -2.46. The molecule has 0 aliphatic carbocycles. The molecule has 0 aliphatic rings. The molecule has 0 saturated heterocycles. The monoisotopic (exact) mass is 388 g/mol. The number of hydrogen-bond acceptors (Lipinski definition) is 3. The molecule has 0 bridgehead atoms. The minimum absolute atomic E-state index is 0.103. The smallest absolute Gasteiger partial charge is 0.242 e. The molecule has 2 aromatic rings. The molecule has 1 atom stereocenters. The molecule has 0 aromatic heterocycles. The van der Waals surface area contributed by atoms with Gasteiger partial charge in [0.1, 0.15) is 11.8 Å². The Bertz CT molecular complexity index is 795. The van der Waals surface area contributed by atoms with Crippen LogP contribution < -0.4 is 10.1 Å². The van der Waals surface area contributed by atoms with Crippen molar-refractivity contribution in [1.82, 2.24) is 10.2 Å². The van der Waals surface area contributed by atoms with E-state index in [4.69, 9.17) is 16.3 Å². The zero-order chi connectivity index (χ0) is 19.8. The third kappa shape index (κ3) is 5.73. The van der Waals surface area contributed by atoms with E-state index in [1.165, 1.54) is 0 Å². The van der Waals surface area contributed by atoms with Gasteiger partial charge in [0.25, 0.3) is 0 Å². The van der Waals surface area contributed by atoms with E-state index in [1.54, 1.807) is 26.0 Å². The van der Waals surface area contributed by atoms with Crippen LogP contribution in [-0.4, -0.2) is 36.9 Å². The molecule has 5 nitrogen and oxygen atoms in total. The highest BCUT2D eigenvalue weighted by Crippen LogP contribution is 2.19. The Morgan fingerprint density at radius 1 is 1.19 bits per heavy atom. The number of likely N-dealkylation sites (N-methyl/N-ethyl adjacent to an activating group) is 1. The highest BCUT2D eigenvalue weighted by molar-refractivity contribution is 6.31. The molecule has 0 radical (unpaired) electrons. The molecule has 0 heterocycles. The minimum Gasteiger partial charge on any atom is -0.497 e. The Hall–Kier alpha value is -2.53. The second kappa shape index (κ2) is 9.97. The second-order valence-electron chi connectivity index (χ2n) is 6.25. The highest BCUT2D eigenvalue weighted by atomic mass is 35.5. The lowest BCUT2D eigenvalue weighted by molar-refractivity contribution is -0.140. The molecular weight excluding hydrogens is 364 g/mol. The fraction of sp³-hybridized carbons (Fsp3) is 0.333. The average molecular weight is 389 g/mol. The van der Waals surface area contributed by atoms with Gasteiger partial charge in [0.2, 0.25) is 11.8 Å². The highest BCUT2D eigenvalue weighted by Gasteiger charge is 2.25. The van der Waals surface area contributed by atoms with Gasteiger partial charge in [-0.15, -0.1) is 0 Å². The molecule has 2 rings (SSSR count). The van der Waals surface area contributed by atoms with Crippen LogP contribution in [0.4, 0.5) is 0 Å². The van der Waals surface area contributed by atoms with Crippen molar-refractivity contribution >= 4 is 23.4 Å². The van der Waals surface area contributed by atoms with Gasteiger partial charge in [-0.25, -0.2) is 0 Å². The van der Waals surface area contributed by atoms with Crippen LogP contribution >= 0.6 is 11.6 Å². The fourth-order valence-electron chi connectivity index (χ4n) is 2.85. The third-order valence-corrected chi connectivity index (χ3v) is 4.84. The van der Waals surface area contributed by atoms with Gasteiger partial charge >= 0.3 is 0 Å². The summed E-state index contributed by atoms with van der Waals surface area (Å²) in [6.45, 7) is 2.06. The largest absolute Gasteiger partial charge is 0.497 e. The van der Waals surface area contributed by atoms with E-state index in [-0.39, 0.29) is 18.2 Å². The molecule has 6 heteroatoms. The first-order valence-electron chi connectivity index (χ1n) is 8.83. The SMILES string of the molecule is CNC(=O)C(C)N(Cc1cccc(OC)c1)C(=O)CCc1ccccc1Cl. The first kappa shape index (κ1) is 20.8. The molecule has 0 spiro atoms. The van der Waals surface area contributed by atoms with Crippen molar-refractivity contribution in [1.29, 1.82) is 0 Å². The van der Waals surface area contributed by atoms with E-state index in [1.807, 2.05) is 48.5 Å². The Morgan fingerprint density at radius 2 is 1.93 bits per heavy atom. The predicted octanol–water partition coefficient (Wildman–Crippen LogP) is 3.44. The Morgan fingerprint density at radius 3 is 2.59 bits per heavy atom. The van der Waals surface area contributed by atoms with Gasteiger partial charge in [0, 0.05) is 25.0 Å². The van der Waals surface area contributed by atoms with Gasteiger partial charge < -0.3 is 15.0 Å². The van der Waals surface area contributed by atoms with Crippen LogP contribution in [0.25, 0.3) is 0 Å². The lowest BCUT2D eigenvalue weighted by Gasteiger charge is -2.28. The molecule has 1 unspecified atom stereocenters. The molecule has 2 aromatic carbocycles. The number of rotatable bonds is 8. The van der Waals surface area contributed by atoms with Crippen LogP contribution in [0.1, 0.15) is 24.5 Å². The van der Waals surface area contributed by atoms with Crippen molar-refractivity contribution < 1.29 is 14.3 Å². The number of nitrogens with one attached hydrogen (secondary N) is 1. The fourth-order valence-corrected chi connectivity index (χ4v) is 3.08. The summed E-state index contributed by atoms with van der Waals surface area (Å²) < 4.78 is 5.25. The van der Waals surface area contributed by atoms with Crippen molar-refractivity contribution in [2.24, 2.45) is 0 Å². The summed E-state index contributed by atoms with van der Waals surface area (Å²) in [5.74, 6) is 0.404. The number of hydrogen-bond donors (Lipinski definition) is 1. The van der Waals surface area contributed by atoms with Crippen LogP contribution in [0.5, 0.6) is 5.75 Å². The van der Waals surface area contributed by atoms with E-state index in [0.29, 0.717) is 23.7 Å². The third-order valence-electron chi connectivity index (χ3n) is 4.47. The number of benzene rings is 2. The summed E-state index contributed by atoms with van der Waals surface area (Å²) in [4.78, 5) is 26.7. The Balaban J connectivity index is 2.16. The number of nitrogens with zero attached hydrogens (tertiary/aromatic N) is 1. The van der Waals surface area contributed by atoms with E-state index in [2.05, 4.69) is 5.32 Å². The van der Waals surface area contributed by atoms with Crippen LogP contribution in [-0.2, 0) is 22.6 Å². The minimum atomic E-state index is -0.583. The molecular formula is C21H25ClN2O3. The molecule has 144 valence electrons. The van der Waals surface area contributed by atoms with Crippen LogP contribution in [0, 0.1) is 0 Å². The summed E-state index contributed by atoms with van der Waals surface area (Å²) >= 11 is 6.18. The normalized spacial score (nSPS) is 11.6. The predicted molar refractivity (Wildman–Crippen MR) is 107 cm³/mol. The van der Waals surface area contributed by atoms with Crippen molar-refractivity contribution in [2.45, 2.75) is 32.4 Å². The summed E-state index contributed by atoms with van der Waals surface area (Å²) in [7, 11) is 3.16. The summed E-state index contributed by atoms with van der Waals surface area (Å²) in [5.41, 5.74) is 1.82. The second-order valence-corrected chi connectivity index (χ2v) is 6.66. The van der Waals surface area contributed by atoms with Gasteiger partial charge in [-0.1, -0.05) is 41.9 Å². The van der Waals surface area contributed by atoms with Crippen molar-refractivity contribution in [2.75, 3.05) is 14.2 Å². The molecule has 2 amide bonds. The maximum Gasteiger partial charge on any atom is 0.242 e. The van der Waals surface area contributed by atoms with E-state index >= 15 is 0 Å². The van der Waals surface area contributed by atoms with Crippen LogP contribution in [0.2, 0.25) is 5.02 Å². The van der Waals surface area contributed by atoms with E-state index in [9.17, 15) is 9.59 Å². The van der Waals surface area contributed by atoms with Gasteiger partial charge in [-0.2, -0.15) is 0 Å². The summed E-state index contributed by atoms with van der Waals surface area (Å²) in [5, 5.41) is 3.26. The van der Waals surface area contributed by atoms with Gasteiger partial charge in [-0.3, -0.25) is 9.59 Å². The Kier molecular flexibility index (Phi) is 7.67. The molecule has 1 N–H and O–H groups in total. The zero-order valence-corrected chi connectivity index (χ0v) is 16.6. The zero-order valence-electron chi connectivity index (χ0n) is 15.9. The average Bonchev–Trinajstić information content (AvgIpc) is 2.70. The number of methoxy groups -OCH3 is 1. The van der Waals surface area contributed by atoms with Crippen LogP contribution in [0.15, 0.2) is 48.5 Å². The quantitative estimate of drug-likeness (QED) is 0.753. The number of carbonyl (C=O) groups is 2. The molecule has 0 saturated carbocycles. The van der Waals surface area contributed by atoms with Crippen molar-refractivity contribution in [3.8, 4) is 5.75 Å². The maximum atomic E-state index is 12.9. The summed E-state index contributed by atoms with van der Waals surface area (Å²) in [6, 6.07) is 14.4. The first-order valence-corrected chi connectivity index (χ1v) is 9.21. The number of aryl methyl sites for hydroxylation is 1. The number of halogens is 1. The lowest BCUT2D eigenvalue weighted by atomic mass is 10.1. The van der Waals surface area contributed by atoms with Gasteiger partial charge in [0.05, 0.1) is 7.11 Å². The number of ether oxygens (including phenoxy) is 1. The van der Waals surface area contributed by atoms with Crippen LogP contribution in [0.3, 0.4) is 0 Å². The molecule has 0 fully saturated rings. The van der Waals surface area contributed by atoms with Gasteiger partial charge in [0.15, 0.2) is 0 Å². The first-order chi connectivity index (χ1) is 13.0.